The van der Waals surface area contributed by atoms with Crippen molar-refractivity contribution in [1.29, 1.82) is 0 Å². The van der Waals surface area contributed by atoms with Crippen LogP contribution < -0.4 is 5.73 Å². The first-order chi connectivity index (χ1) is 7.68. The van der Waals surface area contributed by atoms with Crippen LogP contribution in [0, 0.1) is 5.82 Å². The molecule has 2 heterocycles. The summed E-state index contributed by atoms with van der Waals surface area (Å²) < 4.78 is 15.3. The number of nitrogens with zero attached hydrogens (tertiary/aromatic N) is 3. The lowest BCUT2D eigenvalue weighted by Gasteiger charge is -2.12. The summed E-state index contributed by atoms with van der Waals surface area (Å²) in [5.74, 6) is 0.466. The summed E-state index contributed by atoms with van der Waals surface area (Å²) in [4.78, 5) is 7.85. The summed E-state index contributed by atoms with van der Waals surface area (Å²) in [6, 6.07) is 1.20. The number of hydrogen-bond donors (Lipinski definition) is 1. The first-order valence-corrected chi connectivity index (χ1v) is 4.99. The molecule has 2 aromatic heterocycles. The average Bonchev–Trinajstić information content (AvgIpc) is 2.65. The molecule has 0 saturated heterocycles. The highest BCUT2D eigenvalue weighted by atomic mass is 19.1. The summed E-state index contributed by atoms with van der Waals surface area (Å²) in [7, 11) is 1.89. The molecule has 0 amide bonds. The van der Waals surface area contributed by atoms with Crippen LogP contribution in [0.2, 0.25) is 0 Å². The molecule has 4 nitrogen and oxygen atoms in total. The molecule has 2 N–H and O–H groups in total. The highest BCUT2D eigenvalue weighted by Gasteiger charge is 2.13. The number of rotatable bonds is 3. The van der Waals surface area contributed by atoms with Gasteiger partial charge in [0, 0.05) is 43.7 Å². The molecule has 0 bridgehead atoms. The van der Waals surface area contributed by atoms with Crippen molar-refractivity contribution in [2.45, 2.75) is 12.5 Å². The minimum absolute atomic E-state index is 0.371. The van der Waals surface area contributed by atoms with Gasteiger partial charge in [0.25, 0.3) is 0 Å². The fourth-order valence-corrected chi connectivity index (χ4v) is 1.59. The van der Waals surface area contributed by atoms with Crippen LogP contribution in [0.4, 0.5) is 4.39 Å². The van der Waals surface area contributed by atoms with Gasteiger partial charge in [-0.25, -0.2) is 9.37 Å². The van der Waals surface area contributed by atoms with E-state index in [1.54, 1.807) is 12.3 Å². The Kier molecular flexibility index (Phi) is 2.96. The van der Waals surface area contributed by atoms with Gasteiger partial charge in [-0.15, -0.1) is 0 Å². The molecule has 2 aromatic rings. The van der Waals surface area contributed by atoms with Gasteiger partial charge in [-0.05, 0) is 6.07 Å². The van der Waals surface area contributed by atoms with Gasteiger partial charge in [-0.1, -0.05) is 0 Å². The maximum Gasteiger partial charge on any atom is 0.146 e. The summed E-state index contributed by atoms with van der Waals surface area (Å²) in [5, 5.41) is 0. The van der Waals surface area contributed by atoms with E-state index in [4.69, 9.17) is 5.73 Å². The number of aryl methyl sites for hydroxylation is 1. The zero-order chi connectivity index (χ0) is 11.5. The normalized spacial score (nSPS) is 12.7. The van der Waals surface area contributed by atoms with Crippen molar-refractivity contribution in [1.82, 2.24) is 14.5 Å². The summed E-state index contributed by atoms with van der Waals surface area (Å²) in [5.41, 5.74) is 6.41. The Labute approximate surface area is 92.9 Å². The van der Waals surface area contributed by atoms with E-state index in [-0.39, 0.29) is 5.82 Å². The molecule has 0 aliphatic carbocycles. The van der Waals surface area contributed by atoms with E-state index in [9.17, 15) is 4.39 Å². The lowest BCUT2D eigenvalue weighted by molar-refractivity contribution is 0.565. The smallest absolute Gasteiger partial charge is 0.146 e. The molecule has 0 fully saturated rings. The maximum atomic E-state index is 13.4. The Hall–Kier alpha value is -1.75. The minimum atomic E-state index is -0.399. The third-order valence-electron chi connectivity index (χ3n) is 2.53. The van der Waals surface area contributed by atoms with Crippen LogP contribution >= 0.6 is 0 Å². The van der Waals surface area contributed by atoms with E-state index >= 15 is 0 Å². The number of imidazole rings is 1. The predicted octanol–water partition coefficient (Wildman–Crippen LogP) is 1.20. The lowest BCUT2D eigenvalue weighted by atomic mass is 10.1. The van der Waals surface area contributed by atoms with Gasteiger partial charge in [0.15, 0.2) is 0 Å². The van der Waals surface area contributed by atoms with Crippen LogP contribution in [0.3, 0.4) is 0 Å². The molecular weight excluding hydrogens is 207 g/mol. The number of halogens is 1. The predicted molar refractivity (Wildman–Crippen MR) is 58.0 cm³/mol. The Morgan fingerprint density at radius 1 is 1.50 bits per heavy atom. The molecule has 0 spiro atoms. The summed E-state index contributed by atoms with van der Waals surface area (Å²) >= 11 is 0. The van der Waals surface area contributed by atoms with Crippen LogP contribution in [-0.4, -0.2) is 14.5 Å². The summed E-state index contributed by atoms with van der Waals surface area (Å²) in [6.45, 7) is 0. The van der Waals surface area contributed by atoms with E-state index in [2.05, 4.69) is 9.97 Å². The van der Waals surface area contributed by atoms with Crippen LogP contribution in [-0.2, 0) is 13.5 Å². The molecular formula is C11H13FN4. The molecule has 0 radical (unpaired) electrons. The Balaban J connectivity index is 2.18. The van der Waals surface area contributed by atoms with Crippen molar-refractivity contribution in [3.8, 4) is 0 Å². The van der Waals surface area contributed by atoms with E-state index in [1.807, 2.05) is 17.8 Å². The Bertz CT molecular complexity index is 480. The van der Waals surface area contributed by atoms with Crippen LogP contribution in [0.25, 0.3) is 0 Å². The van der Waals surface area contributed by atoms with E-state index < -0.39 is 6.04 Å². The van der Waals surface area contributed by atoms with E-state index in [0.29, 0.717) is 12.0 Å². The largest absolute Gasteiger partial charge is 0.338 e. The molecule has 2 rings (SSSR count). The fraction of sp³-hybridized carbons (Fsp3) is 0.273. The van der Waals surface area contributed by atoms with Crippen LogP contribution in [0.1, 0.15) is 17.4 Å². The van der Waals surface area contributed by atoms with Crippen molar-refractivity contribution in [3.05, 3.63) is 48.1 Å². The zero-order valence-corrected chi connectivity index (χ0v) is 8.97. The summed E-state index contributed by atoms with van der Waals surface area (Å²) in [6.07, 6.45) is 6.75. The van der Waals surface area contributed by atoms with Crippen LogP contribution in [0.5, 0.6) is 0 Å². The molecule has 1 unspecified atom stereocenters. The van der Waals surface area contributed by atoms with Crippen molar-refractivity contribution in [2.75, 3.05) is 0 Å². The van der Waals surface area contributed by atoms with Crippen molar-refractivity contribution in [2.24, 2.45) is 12.8 Å². The number of pyridine rings is 1. The molecule has 84 valence electrons. The standard InChI is InChI=1S/C11H13FN4/c1-16-5-4-15-11(16)6-10(13)8-2-3-14-7-9(8)12/h2-5,7,10H,6,13H2,1H3. The van der Waals surface area contributed by atoms with Gasteiger partial charge in [0.2, 0.25) is 0 Å². The van der Waals surface area contributed by atoms with Crippen molar-refractivity contribution in [3.63, 3.8) is 0 Å². The molecule has 0 saturated carbocycles. The number of nitrogens with two attached hydrogens (primary N) is 1. The quantitative estimate of drug-likeness (QED) is 0.845. The molecule has 0 aliphatic rings. The van der Waals surface area contributed by atoms with Gasteiger partial charge in [-0.3, -0.25) is 4.98 Å². The van der Waals surface area contributed by atoms with Crippen LogP contribution in [0.15, 0.2) is 30.9 Å². The monoisotopic (exact) mass is 220 g/mol. The second kappa shape index (κ2) is 4.40. The minimum Gasteiger partial charge on any atom is -0.338 e. The topological polar surface area (TPSA) is 56.7 Å². The third kappa shape index (κ3) is 2.09. The average molecular weight is 220 g/mol. The zero-order valence-electron chi connectivity index (χ0n) is 8.97. The second-order valence-electron chi connectivity index (χ2n) is 3.66. The number of hydrogen-bond acceptors (Lipinski definition) is 3. The van der Waals surface area contributed by atoms with Gasteiger partial charge >= 0.3 is 0 Å². The van der Waals surface area contributed by atoms with Gasteiger partial charge in [-0.2, -0.15) is 0 Å². The van der Waals surface area contributed by atoms with Crippen molar-refractivity contribution < 1.29 is 4.39 Å². The SMILES string of the molecule is Cn1ccnc1CC(N)c1ccncc1F. The maximum absolute atomic E-state index is 13.4. The molecule has 0 aromatic carbocycles. The van der Waals surface area contributed by atoms with Gasteiger partial charge in [0.05, 0.1) is 6.20 Å². The fourth-order valence-electron chi connectivity index (χ4n) is 1.59. The van der Waals surface area contributed by atoms with Gasteiger partial charge in [0.1, 0.15) is 11.6 Å². The third-order valence-corrected chi connectivity index (χ3v) is 2.53. The first-order valence-electron chi connectivity index (χ1n) is 4.99. The Morgan fingerprint density at radius 2 is 2.31 bits per heavy atom. The number of aromatic nitrogens is 3. The second-order valence-corrected chi connectivity index (χ2v) is 3.66. The Morgan fingerprint density at radius 3 is 2.94 bits per heavy atom. The van der Waals surface area contributed by atoms with E-state index in [0.717, 1.165) is 5.82 Å². The van der Waals surface area contributed by atoms with E-state index in [1.165, 1.54) is 12.4 Å². The highest BCUT2D eigenvalue weighted by molar-refractivity contribution is 5.18. The van der Waals surface area contributed by atoms with Gasteiger partial charge < -0.3 is 10.3 Å². The highest BCUT2D eigenvalue weighted by Crippen LogP contribution is 2.16. The molecule has 0 aliphatic heterocycles. The lowest BCUT2D eigenvalue weighted by Crippen LogP contribution is -2.17. The molecule has 1 atom stereocenters. The molecule has 16 heavy (non-hydrogen) atoms. The molecule has 5 heteroatoms. The first kappa shape index (κ1) is 10.8. The van der Waals surface area contributed by atoms with Crippen molar-refractivity contribution >= 4 is 0 Å².